The molecule has 0 spiro atoms. The van der Waals surface area contributed by atoms with Crippen molar-refractivity contribution in [3.8, 4) is 0 Å². The maximum absolute atomic E-state index is 12.1. The van der Waals surface area contributed by atoms with E-state index in [0.29, 0.717) is 26.2 Å². The number of urea groups is 1. The van der Waals surface area contributed by atoms with E-state index < -0.39 is 0 Å². The Balaban J connectivity index is 1.80. The molecule has 2 aliphatic rings. The highest BCUT2D eigenvalue weighted by Gasteiger charge is 2.36. The normalized spacial score (nSPS) is 27.7. The molecule has 1 aliphatic carbocycles. The maximum Gasteiger partial charge on any atom is 0.319 e. The molecule has 1 heterocycles. The van der Waals surface area contributed by atoms with Gasteiger partial charge in [-0.1, -0.05) is 0 Å². The molecule has 2 N–H and O–H groups in total. The highest BCUT2D eigenvalue weighted by atomic mass is 16.2. The van der Waals surface area contributed by atoms with Gasteiger partial charge in [-0.3, -0.25) is 4.79 Å². The van der Waals surface area contributed by atoms with E-state index in [9.17, 15) is 9.59 Å². The van der Waals surface area contributed by atoms with E-state index in [2.05, 4.69) is 0 Å². The van der Waals surface area contributed by atoms with Crippen molar-refractivity contribution in [3.63, 3.8) is 0 Å². The standard InChI is InChI=1S/C12H22N4O2/c1-14(2)12(18)16-5-3-15(4-6-16)11(17)9-7-10(13)8-9/h9-10H,3-8,13H2,1-2H3. The first kappa shape index (κ1) is 13.1. The molecule has 3 amide bonds. The summed E-state index contributed by atoms with van der Waals surface area (Å²) in [4.78, 5) is 29.1. The van der Waals surface area contributed by atoms with Gasteiger partial charge in [-0.25, -0.2) is 4.79 Å². The number of hydrogen-bond donors (Lipinski definition) is 1. The lowest BCUT2D eigenvalue weighted by molar-refractivity contribution is -0.140. The first-order chi connectivity index (χ1) is 8.49. The number of piperazine rings is 1. The molecule has 1 saturated carbocycles. The van der Waals surface area contributed by atoms with E-state index in [1.165, 1.54) is 0 Å². The number of nitrogens with two attached hydrogens (primary N) is 1. The zero-order chi connectivity index (χ0) is 13.3. The predicted octanol–water partition coefficient (Wildman–Crippen LogP) is -0.450. The molecule has 102 valence electrons. The molecule has 6 nitrogen and oxygen atoms in total. The van der Waals surface area contributed by atoms with Crippen LogP contribution in [-0.4, -0.2) is 73.0 Å². The number of rotatable bonds is 1. The average molecular weight is 254 g/mol. The number of hydrogen-bond acceptors (Lipinski definition) is 3. The third-order valence-corrected chi connectivity index (χ3v) is 3.77. The van der Waals surface area contributed by atoms with Crippen molar-refractivity contribution >= 4 is 11.9 Å². The van der Waals surface area contributed by atoms with Crippen LogP contribution in [0.25, 0.3) is 0 Å². The Labute approximate surface area is 108 Å². The molecule has 0 aromatic rings. The maximum atomic E-state index is 12.1. The van der Waals surface area contributed by atoms with E-state index in [1.54, 1.807) is 23.9 Å². The molecule has 6 heteroatoms. The fraction of sp³-hybridized carbons (Fsp3) is 0.833. The summed E-state index contributed by atoms with van der Waals surface area (Å²) in [7, 11) is 3.49. The Bertz CT molecular complexity index is 331. The second kappa shape index (κ2) is 5.14. The van der Waals surface area contributed by atoms with Gasteiger partial charge in [0.15, 0.2) is 0 Å². The van der Waals surface area contributed by atoms with Gasteiger partial charge in [-0.2, -0.15) is 0 Å². The zero-order valence-corrected chi connectivity index (χ0v) is 11.1. The summed E-state index contributed by atoms with van der Waals surface area (Å²) in [5.41, 5.74) is 5.70. The van der Waals surface area contributed by atoms with Crippen LogP contribution in [0.5, 0.6) is 0 Å². The quantitative estimate of drug-likeness (QED) is 0.689. The summed E-state index contributed by atoms with van der Waals surface area (Å²) < 4.78 is 0. The monoisotopic (exact) mass is 254 g/mol. The molecule has 1 aliphatic heterocycles. The third kappa shape index (κ3) is 2.58. The first-order valence-electron chi connectivity index (χ1n) is 6.49. The van der Waals surface area contributed by atoms with Gasteiger partial charge in [0.05, 0.1) is 0 Å². The smallest absolute Gasteiger partial charge is 0.319 e. The van der Waals surface area contributed by atoms with Crippen molar-refractivity contribution in [1.82, 2.24) is 14.7 Å². The fourth-order valence-electron chi connectivity index (χ4n) is 2.52. The van der Waals surface area contributed by atoms with Gasteiger partial charge < -0.3 is 20.4 Å². The van der Waals surface area contributed by atoms with E-state index in [-0.39, 0.29) is 23.9 Å². The van der Waals surface area contributed by atoms with Crippen LogP contribution < -0.4 is 5.73 Å². The van der Waals surface area contributed by atoms with E-state index >= 15 is 0 Å². The average Bonchev–Trinajstić information content (AvgIpc) is 2.33. The lowest BCUT2D eigenvalue weighted by atomic mass is 9.80. The first-order valence-corrected chi connectivity index (χ1v) is 6.49. The molecular weight excluding hydrogens is 232 g/mol. The molecular formula is C12H22N4O2. The van der Waals surface area contributed by atoms with E-state index in [4.69, 9.17) is 5.73 Å². The molecule has 0 atom stereocenters. The Kier molecular flexibility index (Phi) is 3.75. The van der Waals surface area contributed by atoms with Gasteiger partial charge in [-0.15, -0.1) is 0 Å². The number of carbonyl (C=O) groups excluding carboxylic acids is 2. The summed E-state index contributed by atoms with van der Waals surface area (Å²) in [5, 5.41) is 0. The van der Waals surface area contributed by atoms with Gasteiger partial charge in [0, 0.05) is 52.2 Å². The predicted molar refractivity (Wildman–Crippen MR) is 67.9 cm³/mol. The van der Waals surface area contributed by atoms with Crippen LogP contribution in [0.1, 0.15) is 12.8 Å². The summed E-state index contributed by atoms with van der Waals surface area (Å²) >= 11 is 0. The Morgan fingerprint density at radius 1 is 1.06 bits per heavy atom. The molecule has 0 unspecified atom stereocenters. The van der Waals surface area contributed by atoms with Crippen LogP contribution in [-0.2, 0) is 4.79 Å². The molecule has 1 saturated heterocycles. The Morgan fingerprint density at radius 2 is 1.56 bits per heavy atom. The number of amides is 3. The molecule has 0 bridgehead atoms. The van der Waals surface area contributed by atoms with Crippen molar-refractivity contribution < 1.29 is 9.59 Å². The van der Waals surface area contributed by atoms with Gasteiger partial charge in [-0.05, 0) is 12.8 Å². The minimum atomic E-state index is 0.0211. The molecule has 2 fully saturated rings. The SMILES string of the molecule is CN(C)C(=O)N1CCN(C(=O)C2CC(N)C2)CC1. The van der Waals surface area contributed by atoms with E-state index in [0.717, 1.165) is 12.8 Å². The van der Waals surface area contributed by atoms with Gasteiger partial charge in [0.25, 0.3) is 0 Å². The lowest BCUT2D eigenvalue weighted by Gasteiger charge is -2.40. The molecule has 0 radical (unpaired) electrons. The second-order valence-electron chi connectivity index (χ2n) is 5.42. The summed E-state index contributed by atoms with van der Waals surface area (Å²) in [6.45, 7) is 2.54. The van der Waals surface area contributed by atoms with Crippen LogP contribution in [0.2, 0.25) is 0 Å². The van der Waals surface area contributed by atoms with Gasteiger partial charge in [0.2, 0.25) is 5.91 Å². The van der Waals surface area contributed by atoms with Crippen LogP contribution >= 0.6 is 0 Å². The minimum Gasteiger partial charge on any atom is -0.339 e. The molecule has 0 aromatic heterocycles. The zero-order valence-electron chi connectivity index (χ0n) is 11.1. The van der Waals surface area contributed by atoms with Crippen molar-refractivity contribution in [1.29, 1.82) is 0 Å². The van der Waals surface area contributed by atoms with Crippen LogP contribution in [0.3, 0.4) is 0 Å². The largest absolute Gasteiger partial charge is 0.339 e. The van der Waals surface area contributed by atoms with Crippen LogP contribution in [0.15, 0.2) is 0 Å². The molecule has 2 rings (SSSR count). The lowest BCUT2D eigenvalue weighted by Crippen LogP contribution is -2.55. The minimum absolute atomic E-state index is 0.0211. The Hall–Kier alpha value is -1.30. The van der Waals surface area contributed by atoms with Crippen molar-refractivity contribution in [2.24, 2.45) is 11.7 Å². The number of nitrogens with zero attached hydrogens (tertiary/aromatic N) is 3. The van der Waals surface area contributed by atoms with Crippen LogP contribution in [0.4, 0.5) is 4.79 Å². The van der Waals surface area contributed by atoms with Crippen molar-refractivity contribution in [2.45, 2.75) is 18.9 Å². The number of carbonyl (C=O) groups is 2. The molecule has 0 aromatic carbocycles. The second-order valence-corrected chi connectivity index (χ2v) is 5.42. The van der Waals surface area contributed by atoms with Crippen molar-refractivity contribution in [3.05, 3.63) is 0 Å². The highest BCUT2D eigenvalue weighted by molar-refractivity contribution is 5.80. The van der Waals surface area contributed by atoms with Crippen molar-refractivity contribution in [2.75, 3.05) is 40.3 Å². The topological polar surface area (TPSA) is 69.9 Å². The van der Waals surface area contributed by atoms with Gasteiger partial charge in [0.1, 0.15) is 0 Å². The highest BCUT2D eigenvalue weighted by Crippen LogP contribution is 2.27. The summed E-state index contributed by atoms with van der Waals surface area (Å²) in [6, 6.07) is 0.225. The van der Waals surface area contributed by atoms with Crippen LogP contribution in [0, 0.1) is 5.92 Å². The fourth-order valence-corrected chi connectivity index (χ4v) is 2.52. The van der Waals surface area contributed by atoms with Gasteiger partial charge >= 0.3 is 6.03 Å². The Morgan fingerprint density at radius 3 is 2.00 bits per heavy atom. The summed E-state index contributed by atoms with van der Waals surface area (Å²) in [5.74, 6) is 0.338. The molecule has 18 heavy (non-hydrogen) atoms. The summed E-state index contributed by atoms with van der Waals surface area (Å²) in [6.07, 6.45) is 1.63. The van der Waals surface area contributed by atoms with E-state index in [1.807, 2.05) is 4.90 Å². The third-order valence-electron chi connectivity index (χ3n) is 3.77.